The summed E-state index contributed by atoms with van der Waals surface area (Å²) < 4.78 is 0. The smallest absolute Gasteiger partial charge is 0.251 e. The van der Waals surface area contributed by atoms with Crippen LogP contribution in [0.1, 0.15) is 22.3 Å². The molecule has 1 unspecified atom stereocenters. The predicted octanol–water partition coefficient (Wildman–Crippen LogP) is 2.06. The first-order valence-electron chi connectivity index (χ1n) is 5.89. The Kier molecular flexibility index (Phi) is 3.94. The van der Waals surface area contributed by atoms with Crippen LogP contribution in [0.3, 0.4) is 0 Å². The molecule has 4 heteroatoms. The molecule has 0 aliphatic carbocycles. The Hall–Kier alpha value is -1.16. The van der Waals surface area contributed by atoms with Crippen molar-refractivity contribution in [2.75, 3.05) is 23.8 Å². The van der Waals surface area contributed by atoms with E-state index >= 15 is 0 Å². The molecule has 1 fully saturated rings. The van der Waals surface area contributed by atoms with E-state index in [0.29, 0.717) is 17.2 Å². The molecule has 0 spiro atoms. The largest absolute Gasteiger partial charge is 0.398 e. The maximum absolute atomic E-state index is 11.9. The van der Waals surface area contributed by atoms with Gasteiger partial charge in [-0.1, -0.05) is 6.07 Å². The molecule has 1 saturated heterocycles. The van der Waals surface area contributed by atoms with Crippen LogP contribution in [0.25, 0.3) is 0 Å². The third-order valence-corrected chi connectivity index (χ3v) is 4.35. The molecule has 17 heavy (non-hydrogen) atoms. The number of thioether (sulfide) groups is 1. The van der Waals surface area contributed by atoms with Crippen LogP contribution in [0.15, 0.2) is 18.2 Å². The number of anilines is 1. The summed E-state index contributed by atoms with van der Waals surface area (Å²) in [5.74, 6) is 2.99. The van der Waals surface area contributed by atoms with Crippen LogP contribution in [-0.2, 0) is 0 Å². The number of amides is 1. The summed E-state index contributed by atoms with van der Waals surface area (Å²) in [5, 5.41) is 2.98. The monoisotopic (exact) mass is 250 g/mol. The van der Waals surface area contributed by atoms with E-state index in [1.54, 1.807) is 6.07 Å². The van der Waals surface area contributed by atoms with Crippen molar-refractivity contribution in [2.45, 2.75) is 13.3 Å². The normalized spacial score (nSPS) is 19.2. The zero-order valence-electron chi connectivity index (χ0n) is 10.0. The molecule has 1 aliphatic heterocycles. The minimum absolute atomic E-state index is 0.0198. The Labute approximate surface area is 106 Å². The molecule has 1 amide bonds. The molecular weight excluding hydrogens is 232 g/mol. The molecule has 1 heterocycles. The zero-order valence-corrected chi connectivity index (χ0v) is 10.8. The quantitative estimate of drug-likeness (QED) is 0.807. The van der Waals surface area contributed by atoms with Crippen molar-refractivity contribution in [2.24, 2.45) is 5.92 Å². The topological polar surface area (TPSA) is 55.1 Å². The molecule has 0 bridgehead atoms. The van der Waals surface area contributed by atoms with Crippen LogP contribution in [-0.4, -0.2) is 24.0 Å². The van der Waals surface area contributed by atoms with Gasteiger partial charge in [-0.2, -0.15) is 11.8 Å². The molecule has 2 rings (SSSR count). The van der Waals surface area contributed by atoms with Gasteiger partial charge in [0.25, 0.3) is 5.91 Å². The summed E-state index contributed by atoms with van der Waals surface area (Å²) in [6.07, 6.45) is 1.21. The van der Waals surface area contributed by atoms with Gasteiger partial charge < -0.3 is 11.1 Å². The van der Waals surface area contributed by atoms with Gasteiger partial charge in [0.2, 0.25) is 0 Å². The Bertz CT molecular complexity index is 414. The SMILES string of the molecule is Cc1ccc(C(=O)NCC2CCSC2)cc1N. The summed E-state index contributed by atoms with van der Waals surface area (Å²) >= 11 is 1.96. The lowest BCUT2D eigenvalue weighted by Gasteiger charge is -2.10. The summed E-state index contributed by atoms with van der Waals surface area (Å²) in [4.78, 5) is 11.9. The molecule has 92 valence electrons. The Morgan fingerprint density at radius 2 is 2.41 bits per heavy atom. The first-order valence-corrected chi connectivity index (χ1v) is 7.04. The van der Waals surface area contributed by atoms with Gasteiger partial charge in [0, 0.05) is 17.8 Å². The van der Waals surface area contributed by atoms with Crippen molar-refractivity contribution >= 4 is 23.4 Å². The third kappa shape index (κ3) is 3.16. The first kappa shape index (κ1) is 12.3. The average molecular weight is 250 g/mol. The van der Waals surface area contributed by atoms with E-state index in [4.69, 9.17) is 5.73 Å². The highest BCUT2D eigenvalue weighted by molar-refractivity contribution is 7.99. The number of nitrogens with one attached hydrogen (secondary N) is 1. The molecule has 3 N–H and O–H groups in total. The number of carbonyl (C=O) groups is 1. The zero-order chi connectivity index (χ0) is 12.3. The highest BCUT2D eigenvalue weighted by Gasteiger charge is 2.16. The average Bonchev–Trinajstić information content (AvgIpc) is 2.82. The van der Waals surface area contributed by atoms with Gasteiger partial charge in [0.05, 0.1) is 0 Å². The highest BCUT2D eigenvalue weighted by Crippen LogP contribution is 2.22. The lowest BCUT2D eigenvalue weighted by molar-refractivity contribution is 0.0948. The summed E-state index contributed by atoms with van der Waals surface area (Å²) in [7, 11) is 0. The van der Waals surface area contributed by atoms with Crippen LogP contribution in [0.4, 0.5) is 5.69 Å². The lowest BCUT2D eigenvalue weighted by atomic mass is 10.1. The molecule has 0 radical (unpaired) electrons. The minimum atomic E-state index is -0.0198. The van der Waals surface area contributed by atoms with Crippen molar-refractivity contribution in [1.82, 2.24) is 5.32 Å². The summed E-state index contributed by atoms with van der Waals surface area (Å²) in [6.45, 7) is 2.71. The van der Waals surface area contributed by atoms with Crippen molar-refractivity contribution in [3.05, 3.63) is 29.3 Å². The number of nitrogen functional groups attached to an aromatic ring is 1. The van der Waals surface area contributed by atoms with E-state index in [-0.39, 0.29) is 5.91 Å². The number of nitrogens with two attached hydrogens (primary N) is 1. The molecule has 1 aromatic carbocycles. The lowest BCUT2D eigenvalue weighted by Crippen LogP contribution is -2.29. The van der Waals surface area contributed by atoms with E-state index in [1.165, 1.54) is 12.2 Å². The van der Waals surface area contributed by atoms with Gasteiger partial charge in [0.1, 0.15) is 0 Å². The third-order valence-electron chi connectivity index (χ3n) is 3.12. The molecule has 1 aliphatic rings. The first-order chi connectivity index (χ1) is 8.16. The fourth-order valence-electron chi connectivity index (χ4n) is 1.87. The minimum Gasteiger partial charge on any atom is -0.398 e. The van der Waals surface area contributed by atoms with E-state index < -0.39 is 0 Å². The second kappa shape index (κ2) is 5.45. The highest BCUT2D eigenvalue weighted by atomic mass is 32.2. The Balaban J connectivity index is 1.92. The molecule has 0 saturated carbocycles. The van der Waals surface area contributed by atoms with Crippen LogP contribution in [0, 0.1) is 12.8 Å². The molecule has 1 aromatic rings. The van der Waals surface area contributed by atoms with Gasteiger partial charge in [-0.25, -0.2) is 0 Å². The van der Waals surface area contributed by atoms with Crippen molar-refractivity contribution < 1.29 is 4.79 Å². The Morgan fingerprint density at radius 1 is 1.59 bits per heavy atom. The van der Waals surface area contributed by atoms with Crippen molar-refractivity contribution in [3.63, 3.8) is 0 Å². The molecule has 3 nitrogen and oxygen atoms in total. The Morgan fingerprint density at radius 3 is 3.06 bits per heavy atom. The fraction of sp³-hybridized carbons (Fsp3) is 0.462. The number of aryl methyl sites for hydroxylation is 1. The molecule has 0 aromatic heterocycles. The second-order valence-electron chi connectivity index (χ2n) is 4.51. The number of benzene rings is 1. The van der Waals surface area contributed by atoms with Gasteiger partial charge >= 0.3 is 0 Å². The van der Waals surface area contributed by atoms with Gasteiger partial charge in [-0.15, -0.1) is 0 Å². The van der Waals surface area contributed by atoms with Crippen LogP contribution in [0.2, 0.25) is 0 Å². The fourth-order valence-corrected chi connectivity index (χ4v) is 3.15. The van der Waals surface area contributed by atoms with E-state index in [1.807, 2.05) is 30.8 Å². The van der Waals surface area contributed by atoms with Gasteiger partial charge in [0.15, 0.2) is 0 Å². The molecule has 1 atom stereocenters. The van der Waals surface area contributed by atoms with E-state index in [0.717, 1.165) is 17.9 Å². The van der Waals surface area contributed by atoms with Crippen LogP contribution >= 0.6 is 11.8 Å². The second-order valence-corrected chi connectivity index (χ2v) is 5.66. The van der Waals surface area contributed by atoms with Crippen molar-refractivity contribution in [1.29, 1.82) is 0 Å². The van der Waals surface area contributed by atoms with E-state index in [2.05, 4.69) is 5.32 Å². The number of carbonyl (C=O) groups excluding carboxylic acids is 1. The van der Waals surface area contributed by atoms with E-state index in [9.17, 15) is 4.79 Å². The standard InChI is InChI=1S/C13H18N2OS/c1-9-2-3-11(6-12(9)14)13(16)15-7-10-4-5-17-8-10/h2-3,6,10H,4-5,7-8,14H2,1H3,(H,15,16). The maximum atomic E-state index is 11.9. The van der Waals surface area contributed by atoms with Gasteiger partial charge in [-0.3, -0.25) is 4.79 Å². The van der Waals surface area contributed by atoms with Crippen molar-refractivity contribution in [3.8, 4) is 0 Å². The number of hydrogen-bond acceptors (Lipinski definition) is 3. The summed E-state index contributed by atoms with van der Waals surface area (Å²) in [5.41, 5.74) is 8.13. The van der Waals surface area contributed by atoms with Crippen LogP contribution < -0.4 is 11.1 Å². The number of rotatable bonds is 3. The predicted molar refractivity (Wildman–Crippen MR) is 73.4 cm³/mol. The van der Waals surface area contributed by atoms with Crippen LogP contribution in [0.5, 0.6) is 0 Å². The maximum Gasteiger partial charge on any atom is 0.251 e. The number of hydrogen-bond donors (Lipinski definition) is 2. The van der Waals surface area contributed by atoms with Gasteiger partial charge in [-0.05, 0) is 48.5 Å². The summed E-state index contributed by atoms with van der Waals surface area (Å²) in [6, 6.07) is 5.45. The molecular formula is C13H18N2OS.